The van der Waals surface area contributed by atoms with Crippen molar-refractivity contribution in [3.8, 4) is 5.75 Å². The van der Waals surface area contributed by atoms with E-state index in [1.807, 2.05) is 19.1 Å². The van der Waals surface area contributed by atoms with Gasteiger partial charge in [0.05, 0.1) is 7.11 Å². The van der Waals surface area contributed by atoms with E-state index < -0.39 is 0 Å². The first kappa shape index (κ1) is 13.2. The van der Waals surface area contributed by atoms with Gasteiger partial charge in [0.1, 0.15) is 5.75 Å². The van der Waals surface area contributed by atoms with Gasteiger partial charge in [-0.1, -0.05) is 18.9 Å². The van der Waals surface area contributed by atoms with Gasteiger partial charge >= 0.3 is 0 Å². The topological polar surface area (TPSA) is 38.5 Å². The second-order valence-corrected chi connectivity index (χ2v) is 5.23. The number of rotatable bonds is 4. The average Bonchev–Trinajstić information content (AvgIpc) is 2.90. The largest absolute Gasteiger partial charge is 0.496 e. The number of nitrogens with zero attached hydrogens (tertiary/aromatic N) is 1. The fourth-order valence-electron chi connectivity index (χ4n) is 2.96. The number of methoxy groups -OCH3 is 1. The van der Waals surface area contributed by atoms with Crippen molar-refractivity contribution < 1.29 is 4.74 Å². The van der Waals surface area contributed by atoms with Gasteiger partial charge in [-0.05, 0) is 31.9 Å². The van der Waals surface area contributed by atoms with Crippen molar-refractivity contribution in [1.82, 2.24) is 0 Å². The molecule has 1 aliphatic rings. The number of hydrogen-bond acceptors (Lipinski definition) is 3. The van der Waals surface area contributed by atoms with Gasteiger partial charge < -0.3 is 15.4 Å². The van der Waals surface area contributed by atoms with Crippen LogP contribution in [-0.4, -0.2) is 20.2 Å². The molecule has 2 rings (SSSR count). The molecule has 1 aliphatic carbocycles. The Morgan fingerprint density at radius 2 is 2.00 bits per heavy atom. The Hall–Kier alpha value is -1.22. The molecule has 3 nitrogen and oxygen atoms in total. The molecular weight excluding hydrogens is 224 g/mol. The molecule has 0 heterocycles. The highest BCUT2D eigenvalue weighted by molar-refractivity contribution is 5.61. The summed E-state index contributed by atoms with van der Waals surface area (Å²) in [6.07, 6.45) is 5.25. The number of hydrogen-bond donors (Lipinski definition) is 1. The molecule has 1 aromatic carbocycles. The van der Waals surface area contributed by atoms with Crippen LogP contribution in [0, 0.1) is 0 Å². The molecule has 3 heteroatoms. The Kier molecular flexibility index (Phi) is 4.12. The molecule has 100 valence electrons. The molecule has 1 fully saturated rings. The lowest BCUT2D eigenvalue weighted by Gasteiger charge is -2.30. The van der Waals surface area contributed by atoms with Crippen molar-refractivity contribution in [3.05, 3.63) is 23.8 Å². The van der Waals surface area contributed by atoms with Crippen LogP contribution >= 0.6 is 0 Å². The summed E-state index contributed by atoms with van der Waals surface area (Å²) in [7, 11) is 3.89. The summed E-state index contributed by atoms with van der Waals surface area (Å²) in [5.74, 6) is 0.896. The summed E-state index contributed by atoms with van der Waals surface area (Å²) in [4.78, 5) is 2.38. The Labute approximate surface area is 110 Å². The van der Waals surface area contributed by atoms with Crippen LogP contribution in [0.1, 0.15) is 44.2 Å². The van der Waals surface area contributed by atoms with E-state index in [9.17, 15) is 0 Å². The molecule has 1 unspecified atom stereocenters. The molecule has 1 aromatic rings. The second kappa shape index (κ2) is 5.61. The summed E-state index contributed by atoms with van der Waals surface area (Å²) >= 11 is 0. The predicted molar refractivity (Wildman–Crippen MR) is 76.3 cm³/mol. The lowest BCUT2D eigenvalue weighted by molar-refractivity contribution is 0.406. The third-order valence-corrected chi connectivity index (χ3v) is 3.97. The van der Waals surface area contributed by atoms with Gasteiger partial charge in [0.2, 0.25) is 0 Å². The third kappa shape index (κ3) is 2.46. The molecule has 0 spiro atoms. The standard InChI is InChI=1S/C15H24N2O/c1-11(16)15-13(9-6-10-14(15)18-3)17(2)12-7-4-5-8-12/h6,9-12H,4-5,7-8,16H2,1-3H3. The van der Waals surface area contributed by atoms with Crippen molar-refractivity contribution in [2.24, 2.45) is 5.73 Å². The van der Waals surface area contributed by atoms with Crippen LogP contribution in [-0.2, 0) is 0 Å². The van der Waals surface area contributed by atoms with E-state index in [1.165, 1.54) is 31.4 Å². The maximum atomic E-state index is 6.12. The highest BCUT2D eigenvalue weighted by atomic mass is 16.5. The van der Waals surface area contributed by atoms with E-state index in [4.69, 9.17) is 10.5 Å². The van der Waals surface area contributed by atoms with Gasteiger partial charge in [0.15, 0.2) is 0 Å². The Balaban J connectivity index is 2.36. The number of anilines is 1. The third-order valence-electron chi connectivity index (χ3n) is 3.97. The zero-order valence-electron chi connectivity index (χ0n) is 11.6. The summed E-state index contributed by atoms with van der Waals surface area (Å²) in [6, 6.07) is 6.82. The molecule has 18 heavy (non-hydrogen) atoms. The van der Waals surface area contributed by atoms with Crippen LogP contribution < -0.4 is 15.4 Å². The molecule has 0 aliphatic heterocycles. The zero-order chi connectivity index (χ0) is 13.1. The Bertz CT molecular complexity index is 397. The maximum absolute atomic E-state index is 6.12. The minimum atomic E-state index is -0.0139. The van der Waals surface area contributed by atoms with E-state index in [-0.39, 0.29) is 6.04 Å². The molecule has 0 amide bonds. The fraction of sp³-hybridized carbons (Fsp3) is 0.600. The molecule has 1 atom stereocenters. The number of nitrogens with two attached hydrogens (primary N) is 1. The van der Waals surface area contributed by atoms with E-state index in [0.717, 1.165) is 11.3 Å². The molecule has 1 saturated carbocycles. The quantitative estimate of drug-likeness (QED) is 0.890. The van der Waals surface area contributed by atoms with Gasteiger partial charge in [-0.3, -0.25) is 0 Å². The van der Waals surface area contributed by atoms with E-state index in [0.29, 0.717) is 6.04 Å². The predicted octanol–water partition coefficient (Wildman–Crippen LogP) is 3.09. The molecular formula is C15H24N2O. The SMILES string of the molecule is COc1cccc(N(C)C2CCCC2)c1C(C)N. The minimum absolute atomic E-state index is 0.0139. The molecule has 0 bridgehead atoms. The maximum Gasteiger partial charge on any atom is 0.125 e. The van der Waals surface area contributed by atoms with Gasteiger partial charge in [-0.2, -0.15) is 0 Å². The molecule has 0 saturated heterocycles. The first-order valence-corrected chi connectivity index (χ1v) is 6.80. The van der Waals surface area contributed by atoms with E-state index >= 15 is 0 Å². The van der Waals surface area contributed by atoms with Crippen LogP contribution in [0.3, 0.4) is 0 Å². The van der Waals surface area contributed by atoms with Crippen molar-refractivity contribution in [2.45, 2.75) is 44.7 Å². The van der Waals surface area contributed by atoms with Crippen molar-refractivity contribution >= 4 is 5.69 Å². The lowest BCUT2D eigenvalue weighted by Crippen LogP contribution is -2.30. The van der Waals surface area contributed by atoms with Crippen LogP contribution in [0.15, 0.2) is 18.2 Å². The Morgan fingerprint density at radius 1 is 1.33 bits per heavy atom. The summed E-state index contributed by atoms with van der Waals surface area (Å²) < 4.78 is 5.45. The average molecular weight is 248 g/mol. The zero-order valence-corrected chi connectivity index (χ0v) is 11.6. The van der Waals surface area contributed by atoms with Crippen LogP contribution in [0.5, 0.6) is 5.75 Å². The highest BCUT2D eigenvalue weighted by Gasteiger charge is 2.23. The first-order chi connectivity index (χ1) is 8.65. The summed E-state index contributed by atoms with van der Waals surface area (Å²) in [6.45, 7) is 2.02. The van der Waals surface area contributed by atoms with E-state index in [2.05, 4.69) is 18.0 Å². The van der Waals surface area contributed by atoms with Crippen LogP contribution in [0.4, 0.5) is 5.69 Å². The number of benzene rings is 1. The number of ether oxygens (including phenoxy) is 1. The fourth-order valence-corrected chi connectivity index (χ4v) is 2.96. The Morgan fingerprint density at radius 3 is 2.56 bits per heavy atom. The first-order valence-electron chi connectivity index (χ1n) is 6.80. The smallest absolute Gasteiger partial charge is 0.125 e. The second-order valence-electron chi connectivity index (χ2n) is 5.23. The monoisotopic (exact) mass is 248 g/mol. The van der Waals surface area contributed by atoms with Crippen molar-refractivity contribution in [1.29, 1.82) is 0 Å². The van der Waals surface area contributed by atoms with E-state index in [1.54, 1.807) is 7.11 Å². The van der Waals surface area contributed by atoms with Gasteiger partial charge in [-0.25, -0.2) is 0 Å². The normalized spacial score (nSPS) is 17.8. The van der Waals surface area contributed by atoms with Gasteiger partial charge in [0, 0.05) is 30.4 Å². The van der Waals surface area contributed by atoms with Gasteiger partial charge in [-0.15, -0.1) is 0 Å². The molecule has 0 aromatic heterocycles. The summed E-state index contributed by atoms with van der Waals surface area (Å²) in [5.41, 5.74) is 8.46. The van der Waals surface area contributed by atoms with Gasteiger partial charge in [0.25, 0.3) is 0 Å². The molecule has 0 radical (unpaired) electrons. The molecule has 2 N–H and O–H groups in total. The summed E-state index contributed by atoms with van der Waals surface area (Å²) in [5, 5.41) is 0. The van der Waals surface area contributed by atoms with Crippen molar-refractivity contribution in [3.63, 3.8) is 0 Å². The van der Waals surface area contributed by atoms with Crippen LogP contribution in [0.2, 0.25) is 0 Å². The minimum Gasteiger partial charge on any atom is -0.496 e. The lowest BCUT2D eigenvalue weighted by atomic mass is 10.0. The highest BCUT2D eigenvalue weighted by Crippen LogP contribution is 2.36. The van der Waals surface area contributed by atoms with Crippen molar-refractivity contribution in [2.75, 3.05) is 19.1 Å². The van der Waals surface area contributed by atoms with Crippen LogP contribution in [0.25, 0.3) is 0 Å².